The SMILES string of the molecule is CC[C@H](C(=O)NC1CCCCC1)N(Cc1ccccc1C)C(=O)Cc1ccccc1. The van der Waals surface area contributed by atoms with Crippen molar-refractivity contribution in [2.45, 2.75) is 77.4 Å². The molecule has 1 aliphatic carbocycles. The van der Waals surface area contributed by atoms with Crippen LogP contribution in [0.15, 0.2) is 54.6 Å². The van der Waals surface area contributed by atoms with Crippen LogP contribution in [-0.4, -0.2) is 28.8 Å². The molecule has 1 saturated carbocycles. The lowest BCUT2D eigenvalue weighted by Crippen LogP contribution is -2.52. The highest BCUT2D eigenvalue weighted by molar-refractivity contribution is 5.88. The molecule has 0 heterocycles. The van der Waals surface area contributed by atoms with E-state index in [4.69, 9.17) is 0 Å². The Bertz CT molecular complexity index is 828. The lowest BCUT2D eigenvalue weighted by atomic mass is 9.95. The van der Waals surface area contributed by atoms with Gasteiger partial charge in [-0.2, -0.15) is 0 Å². The minimum Gasteiger partial charge on any atom is -0.352 e. The van der Waals surface area contributed by atoms with E-state index < -0.39 is 6.04 Å². The number of hydrogen-bond donors (Lipinski definition) is 1. The first kappa shape index (κ1) is 22.1. The van der Waals surface area contributed by atoms with Gasteiger partial charge in [-0.3, -0.25) is 9.59 Å². The molecule has 2 aromatic rings. The first-order valence-corrected chi connectivity index (χ1v) is 11.3. The molecular formula is C26H34N2O2. The number of carbonyl (C=O) groups is 2. The van der Waals surface area contributed by atoms with Crippen molar-refractivity contribution in [2.24, 2.45) is 0 Å². The van der Waals surface area contributed by atoms with Gasteiger partial charge in [-0.15, -0.1) is 0 Å². The van der Waals surface area contributed by atoms with Gasteiger partial charge in [-0.1, -0.05) is 80.8 Å². The maximum absolute atomic E-state index is 13.4. The third-order valence-electron chi connectivity index (χ3n) is 6.14. The van der Waals surface area contributed by atoms with Gasteiger partial charge in [0.1, 0.15) is 6.04 Å². The van der Waals surface area contributed by atoms with Crippen LogP contribution in [0.25, 0.3) is 0 Å². The van der Waals surface area contributed by atoms with E-state index >= 15 is 0 Å². The minimum absolute atomic E-state index is 0.00454. The Hall–Kier alpha value is -2.62. The highest BCUT2D eigenvalue weighted by Gasteiger charge is 2.30. The van der Waals surface area contributed by atoms with Gasteiger partial charge in [-0.05, 0) is 42.9 Å². The molecular weight excluding hydrogens is 372 g/mol. The molecule has 160 valence electrons. The van der Waals surface area contributed by atoms with Crippen molar-refractivity contribution in [1.82, 2.24) is 10.2 Å². The van der Waals surface area contributed by atoms with Crippen LogP contribution in [0.5, 0.6) is 0 Å². The summed E-state index contributed by atoms with van der Waals surface area (Å²) in [6, 6.07) is 17.6. The minimum atomic E-state index is -0.456. The number of carbonyl (C=O) groups excluding carboxylic acids is 2. The fourth-order valence-electron chi connectivity index (χ4n) is 4.31. The summed E-state index contributed by atoms with van der Waals surface area (Å²) in [4.78, 5) is 28.4. The van der Waals surface area contributed by atoms with E-state index in [2.05, 4.69) is 18.3 Å². The van der Waals surface area contributed by atoms with Crippen molar-refractivity contribution in [1.29, 1.82) is 0 Å². The Kier molecular flexibility index (Phi) is 8.06. The monoisotopic (exact) mass is 406 g/mol. The molecule has 2 aromatic carbocycles. The highest BCUT2D eigenvalue weighted by atomic mass is 16.2. The maximum atomic E-state index is 13.4. The van der Waals surface area contributed by atoms with Gasteiger partial charge in [-0.25, -0.2) is 0 Å². The lowest BCUT2D eigenvalue weighted by molar-refractivity contribution is -0.141. The van der Waals surface area contributed by atoms with Gasteiger partial charge in [0.15, 0.2) is 0 Å². The van der Waals surface area contributed by atoms with E-state index in [-0.39, 0.29) is 17.9 Å². The third kappa shape index (κ3) is 5.94. The molecule has 0 bridgehead atoms. The van der Waals surface area contributed by atoms with Crippen LogP contribution < -0.4 is 5.32 Å². The highest BCUT2D eigenvalue weighted by Crippen LogP contribution is 2.20. The molecule has 2 amide bonds. The van der Waals surface area contributed by atoms with Crippen molar-refractivity contribution in [3.63, 3.8) is 0 Å². The van der Waals surface area contributed by atoms with E-state index in [0.717, 1.165) is 29.5 Å². The Morgan fingerprint density at radius 3 is 2.33 bits per heavy atom. The number of benzene rings is 2. The van der Waals surface area contributed by atoms with Crippen molar-refractivity contribution in [3.05, 3.63) is 71.3 Å². The molecule has 4 heteroatoms. The Balaban J connectivity index is 1.80. The molecule has 1 fully saturated rings. The number of amides is 2. The van der Waals surface area contributed by atoms with Crippen LogP contribution in [0.1, 0.15) is 62.1 Å². The number of nitrogens with one attached hydrogen (secondary N) is 1. The Morgan fingerprint density at radius 1 is 1.00 bits per heavy atom. The van der Waals surface area contributed by atoms with E-state index in [9.17, 15) is 9.59 Å². The zero-order chi connectivity index (χ0) is 21.3. The number of aryl methyl sites for hydroxylation is 1. The maximum Gasteiger partial charge on any atom is 0.243 e. The second kappa shape index (κ2) is 11.0. The van der Waals surface area contributed by atoms with Gasteiger partial charge >= 0.3 is 0 Å². The second-order valence-corrected chi connectivity index (χ2v) is 8.38. The van der Waals surface area contributed by atoms with Crippen LogP contribution in [0.2, 0.25) is 0 Å². The standard InChI is InChI=1S/C26H34N2O2/c1-3-24(26(30)27-23-16-8-5-9-17-23)28(19-22-15-11-10-12-20(22)2)25(29)18-21-13-6-4-7-14-21/h4,6-7,10-15,23-24H,3,5,8-9,16-19H2,1-2H3,(H,27,30)/t24-/m1/s1. The predicted octanol–water partition coefficient (Wildman–Crippen LogP) is 4.79. The summed E-state index contributed by atoms with van der Waals surface area (Å²) in [7, 11) is 0. The molecule has 30 heavy (non-hydrogen) atoms. The number of hydrogen-bond acceptors (Lipinski definition) is 2. The molecule has 4 nitrogen and oxygen atoms in total. The summed E-state index contributed by atoms with van der Waals surface area (Å²) in [5, 5.41) is 3.24. The quantitative estimate of drug-likeness (QED) is 0.685. The molecule has 1 aliphatic rings. The molecule has 1 atom stereocenters. The van der Waals surface area contributed by atoms with Gasteiger partial charge in [0.05, 0.1) is 6.42 Å². The van der Waals surface area contributed by atoms with Crippen LogP contribution in [-0.2, 0) is 22.6 Å². The largest absolute Gasteiger partial charge is 0.352 e. The summed E-state index contributed by atoms with van der Waals surface area (Å²) in [5.74, 6) is -0.0190. The lowest BCUT2D eigenvalue weighted by Gasteiger charge is -2.33. The summed E-state index contributed by atoms with van der Waals surface area (Å²) >= 11 is 0. The smallest absolute Gasteiger partial charge is 0.243 e. The van der Waals surface area contributed by atoms with E-state index in [1.165, 1.54) is 19.3 Å². The summed E-state index contributed by atoms with van der Waals surface area (Å²) in [5.41, 5.74) is 3.19. The molecule has 0 spiro atoms. The number of nitrogens with zero attached hydrogens (tertiary/aromatic N) is 1. The van der Waals surface area contributed by atoms with Crippen molar-refractivity contribution in [3.8, 4) is 0 Å². The van der Waals surface area contributed by atoms with Gasteiger partial charge in [0, 0.05) is 12.6 Å². The average molecular weight is 407 g/mol. The predicted molar refractivity (Wildman–Crippen MR) is 121 cm³/mol. The zero-order valence-corrected chi connectivity index (χ0v) is 18.3. The molecule has 0 saturated heterocycles. The number of rotatable bonds is 8. The summed E-state index contributed by atoms with van der Waals surface area (Å²) < 4.78 is 0. The van der Waals surface area contributed by atoms with Crippen LogP contribution in [0.4, 0.5) is 0 Å². The fourth-order valence-corrected chi connectivity index (χ4v) is 4.31. The van der Waals surface area contributed by atoms with E-state index in [1.807, 2.05) is 55.5 Å². The van der Waals surface area contributed by atoms with E-state index in [1.54, 1.807) is 4.90 Å². The topological polar surface area (TPSA) is 49.4 Å². The van der Waals surface area contributed by atoms with Crippen LogP contribution >= 0.6 is 0 Å². The summed E-state index contributed by atoms with van der Waals surface area (Å²) in [6.45, 7) is 4.50. The zero-order valence-electron chi connectivity index (χ0n) is 18.3. The molecule has 0 aliphatic heterocycles. The average Bonchev–Trinajstić information content (AvgIpc) is 2.76. The molecule has 0 unspecified atom stereocenters. The summed E-state index contributed by atoms with van der Waals surface area (Å²) in [6.07, 6.45) is 6.57. The molecule has 0 aromatic heterocycles. The third-order valence-corrected chi connectivity index (χ3v) is 6.14. The molecule has 3 rings (SSSR count). The fraction of sp³-hybridized carbons (Fsp3) is 0.462. The van der Waals surface area contributed by atoms with Crippen molar-refractivity contribution < 1.29 is 9.59 Å². The van der Waals surface area contributed by atoms with Gasteiger partial charge < -0.3 is 10.2 Å². The van der Waals surface area contributed by atoms with Crippen molar-refractivity contribution >= 4 is 11.8 Å². The normalized spacial score (nSPS) is 15.4. The van der Waals surface area contributed by atoms with Gasteiger partial charge in [0.25, 0.3) is 0 Å². The van der Waals surface area contributed by atoms with Gasteiger partial charge in [0.2, 0.25) is 11.8 Å². The van der Waals surface area contributed by atoms with Crippen LogP contribution in [0.3, 0.4) is 0 Å². The second-order valence-electron chi connectivity index (χ2n) is 8.38. The Labute approximate surface area is 180 Å². The molecule has 0 radical (unpaired) electrons. The first-order valence-electron chi connectivity index (χ1n) is 11.3. The van der Waals surface area contributed by atoms with E-state index in [0.29, 0.717) is 19.4 Å². The Morgan fingerprint density at radius 2 is 1.67 bits per heavy atom. The van der Waals surface area contributed by atoms with Crippen LogP contribution in [0, 0.1) is 6.92 Å². The first-order chi connectivity index (χ1) is 14.6. The van der Waals surface area contributed by atoms with Crippen molar-refractivity contribution in [2.75, 3.05) is 0 Å². The molecule has 1 N–H and O–H groups in total.